The van der Waals surface area contributed by atoms with Crippen molar-refractivity contribution in [1.29, 1.82) is 0 Å². The summed E-state index contributed by atoms with van der Waals surface area (Å²) in [6.07, 6.45) is 0.200. The SMILES string of the molecule is CN([C@H]1CCN(C(=O)OC(C)(C)C)C1)S(=O)(=O)c1ccc(Br)s1. The first-order valence-electron chi connectivity index (χ1n) is 7.22. The molecule has 6 nitrogen and oxygen atoms in total. The normalized spacial score (nSPS) is 19.4. The summed E-state index contributed by atoms with van der Waals surface area (Å²) in [5.74, 6) is 0. The molecule has 0 aliphatic carbocycles. The molecule has 0 saturated carbocycles. The standard InChI is InChI=1S/C14H21BrN2O4S2/c1-14(2,3)21-13(18)17-8-7-10(9-17)16(4)23(19,20)12-6-5-11(15)22-12/h5-6,10H,7-9H2,1-4H3/t10-/m0/s1. The number of likely N-dealkylation sites (tertiary alicyclic amines) is 1. The topological polar surface area (TPSA) is 66.9 Å². The number of nitrogens with zero attached hydrogens (tertiary/aromatic N) is 2. The molecule has 9 heteroatoms. The minimum absolute atomic E-state index is 0.242. The van der Waals surface area contributed by atoms with Crippen LogP contribution in [0.15, 0.2) is 20.1 Å². The summed E-state index contributed by atoms with van der Waals surface area (Å²) in [5.41, 5.74) is -0.559. The van der Waals surface area contributed by atoms with Gasteiger partial charge in [-0.15, -0.1) is 11.3 Å². The number of ether oxygens (including phenoxy) is 1. The first kappa shape index (κ1) is 18.7. The summed E-state index contributed by atoms with van der Waals surface area (Å²) >= 11 is 4.46. The van der Waals surface area contributed by atoms with Crippen molar-refractivity contribution in [1.82, 2.24) is 9.21 Å². The lowest BCUT2D eigenvalue weighted by Gasteiger charge is -2.26. The Labute approximate surface area is 149 Å². The van der Waals surface area contributed by atoms with Gasteiger partial charge in [0.1, 0.15) is 9.81 Å². The number of carbonyl (C=O) groups is 1. The summed E-state index contributed by atoms with van der Waals surface area (Å²) in [4.78, 5) is 13.6. The number of sulfonamides is 1. The molecular formula is C14H21BrN2O4S2. The Hall–Kier alpha value is -0.640. The van der Waals surface area contributed by atoms with E-state index >= 15 is 0 Å². The molecule has 1 atom stereocenters. The van der Waals surface area contributed by atoms with Crippen LogP contribution in [0.25, 0.3) is 0 Å². The van der Waals surface area contributed by atoms with Crippen LogP contribution in [-0.4, -0.2) is 55.5 Å². The number of hydrogen-bond donors (Lipinski definition) is 0. The van der Waals surface area contributed by atoms with Gasteiger partial charge in [0, 0.05) is 26.2 Å². The van der Waals surface area contributed by atoms with Gasteiger partial charge in [0.15, 0.2) is 0 Å². The first-order chi connectivity index (χ1) is 10.5. The molecular weight excluding hydrogens is 404 g/mol. The number of thiophene rings is 1. The molecule has 2 heterocycles. The zero-order valence-electron chi connectivity index (χ0n) is 13.6. The molecule has 23 heavy (non-hydrogen) atoms. The largest absolute Gasteiger partial charge is 0.444 e. The van der Waals surface area contributed by atoms with Gasteiger partial charge < -0.3 is 9.64 Å². The maximum absolute atomic E-state index is 12.6. The second kappa shape index (κ2) is 6.70. The van der Waals surface area contributed by atoms with E-state index in [1.165, 1.54) is 15.6 Å². The molecule has 1 saturated heterocycles. The zero-order chi connectivity index (χ0) is 17.4. The Morgan fingerprint density at radius 2 is 2.09 bits per heavy atom. The van der Waals surface area contributed by atoms with Crippen LogP contribution in [0, 0.1) is 0 Å². The molecule has 1 aliphatic rings. The van der Waals surface area contributed by atoms with Gasteiger partial charge >= 0.3 is 6.09 Å². The van der Waals surface area contributed by atoms with Gasteiger partial charge in [0.25, 0.3) is 10.0 Å². The fraction of sp³-hybridized carbons (Fsp3) is 0.643. The number of likely N-dealkylation sites (N-methyl/N-ethyl adjacent to an activating group) is 1. The van der Waals surface area contributed by atoms with Crippen LogP contribution in [0.4, 0.5) is 4.79 Å². The molecule has 1 fully saturated rings. The van der Waals surface area contributed by atoms with Crippen molar-refractivity contribution in [3.63, 3.8) is 0 Å². The van der Waals surface area contributed by atoms with Crippen molar-refractivity contribution in [2.24, 2.45) is 0 Å². The average molecular weight is 425 g/mol. The highest BCUT2D eigenvalue weighted by Gasteiger charge is 2.36. The van der Waals surface area contributed by atoms with Gasteiger partial charge in [0.2, 0.25) is 0 Å². The number of amides is 1. The van der Waals surface area contributed by atoms with Crippen molar-refractivity contribution in [3.05, 3.63) is 15.9 Å². The lowest BCUT2D eigenvalue weighted by molar-refractivity contribution is 0.0287. The monoisotopic (exact) mass is 424 g/mol. The zero-order valence-corrected chi connectivity index (χ0v) is 16.8. The van der Waals surface area contributed by atoms with Gasteiger partial charge in [-0.25, -0.2) is 13.2 Å². The fourth-order valence-electron chi connectivity index (χ4n) is 2.31. The Morgan fingerprint density at radius 3 is 2.61 bits per heavy atom. The van der Waals surface area contributed by atoms with Gasteiger partial charge in [0.05, 0.1) is 3.79 Å². The molecule has 1 amide bonds. The van der Waals surface area contributed by atoms with E-state index in [1.54, 1.807) is 24.1 Å². The quantitative estimate of drug-likeness (QED) is 0.747. The highest BCUT2D eigenvalue weighted by molar-refractivity contribution is 9.11. The van der Waals surface area contributed by atoms with E-state index in [2.05, 4.69) is 15.9 Å². The highest BCUT2D eigenvalue weighted by atomic mass is 79.9. The van der Waals surface area contributed by atoms with Crippen molar-refractivity contribution in [3.8, 4) is 0 Å². The van der Waals surface area contributed by atoms with E-state index in [0.717, 1.165) is 3.79 Å². The van der Waals surface area contributed by atoms with E-state index in [4.69, 9.17) is 4.74 Å². The lowest BCUT2D eigenvalue weighted by atomic mass is 10.2. The number of halogens is 1. The predicted molar refractivity (Wildman–Crippen MR) is 93.2 cm³/mol. The molecule has 130 valence electrons. The molecule has 1 aliphatic heterocycles. The van der Waals surface area contributed by atoms with E-state index in [0.29, 0.717) is 23.7 Å². The highest BCUT2D eigenvalue weighted by Crippen LogP contribution is 2.30. The lowest BCUT2D eigenvalue weighted by Crippen LogP contribution is -2.41. The molecule has 1 aromatic rings. The Kier molecular flexibility index (Phi) is 5.44. The third-order valence-electron chi connectivity index (χ3n) is 3.51. The van der Waals surface area contributed by atoms with Crippen LogP contribution in [0.1, 0.15) is 27.2 Å². The smallest absolute Gasteiger partial charge is 0.410 e. The first-order valence-corrected chi connectivity index (χ1v) is 10.3. The van der Waals surface area contributed by atoms with Gasteiger partial charge in [-0.2, -0.15) is 4.31 Å². The fourth-order valence-corrected chi connectivity index (χ4v) is 5.88. The molecule has 0 N–H and O–H groups in total. The maximum Gasteiger partial charge on any atom is 0.410 e. The molecule has 0 radical (unpaired) electrons. The second-order valence-corrected chi connectivity index (χ2v) is 11.1. The third kappa shape index (κ3) is 4.46. The Morgan fingerprint density at radius 1 is 1.43 bits per heavy atom. The molecule has 0 unspecified atom stereocenters. The average Bonchev–Trinajstić information content (AvgIpc) is 3.04. The Balaban J connectivity index is 2.05. The van der Waals surface area contributed by atoms with Crippen molar-refractivity contribution in [2.75, 3.05) is 20.1 Å². The van der Waals surface area contributed by atoms with Crippen LogP contribution in [0.5, 0.6) is 0 Å². The summed E-state index contributed by atoms with van der Waals surface area (Å²) in [6.45, 7) is 6.27. The van der Waals surface area contributed by atoms with E-state index in [1.807, 2.05) is 20.8 Å². The third-order valence-corrected chi connectivity index (χ3v) is 7.51. The van der Waals surface area contributed by atoms with E-state index < -0.39 is 21.7 Å². The van der Waals surface area contributed by atoms with Crippen LogP contribution in [0.2, 0.25) is 0 Å². The maximum atomic E-state index is 12.6. The number of hydrogen-bond acceptors (Lipinski definition) is 5. The minimum atomic E-state index is -3.54. The van der Waals surface area contributed by atoms with Gasteiger partial charge in [-0.05, 0) is 55.3 Å². The molecule has 2 rings (SSSR count). The Bertz CT molecular complexity index is 681. The van der Waals surface area contributed by atoms with Crippen LogP contribution in [-0.2, 0) is 14.8 Å². The molecule has 0 aromatic carbocycles. The van der Waals surface area contributed by atoms with Crippen molar-refractivity contribution in [2.45, 2.75) is 43.0 Å². The molecule has 0 spiro atoms. The second-order valence-electron chi connectivity index (χ2n) is 6.45. The van der Waals surface area contributed by atoms with Gasteiger partial charge in [-0.1, -0.05) is 0 Å². The number of carbonyl (C=O) groups excluding carboxylic acids is 1. The summed E-state index contributed by atoms with van der Waals surface area (Å²) in [7, 11) is -1.98. The summed E-state index contributed by atoms with van der Waals surface area (Å²) < 4.78 is 33.0. The summed E-state index contributed by atoms with van der Waals surface area (Å²) in [6, 6.07) is 3.06. The molecule has 0 bridgehead atoms. The van der Waals surface area contributed by atoms with E-state index in [-0.39, 0.29) is 6.04 Å². The summed E-state index contributed by atoms with van der Waals surface area (Å²) in [5, 5.41) is 0. The van der Waals surface area contributed by atoms with Crippen molar-refractivity contribution >= 4 is 43.4 Å². The predicted octanol–water partition coefficient (Wildman–Crippen LogP) is 3.14. The minimum Gasteiger partial charge on any atom is -0.444 e. The van der Waals surface area contributed by atoms with Crippen LogP contribution < -0.4 is 0 Å². The number of rotatable bonds is 3. The van der Waals surface area contributed by atoms with Crippen molar-refractivity contribution < 1.29 is 17.9 Å². The van der Waals surface area contributed by atoms with Crippen LogP contribution >= 0.6 is 27.3 Å². The van der Waals surface area contributed by atoms with Gasteiger partial charge in [-0.3, -0.25) is 0 Å². The van der Waals surface area contributed by atoms with E-state index in [9.17, 15) is 13.2 Å². The van der Waals surface area contributed by atoms with Crippen LogP contribution in [0.3, 0.4) is 0 Å². The molecule has 1 aromatic heterocycles.